The third-order valence-corrected chi connectivity index (χ3v) is 6.73. The molecule has 3 aromatic carbocycles. The molecule has 0 radical (unpaired) electrons. The highest BCUT2D eigenvalue weighted by atomic mass is 16.7. The van der Waals surface area contributed by atoms with Crippen molar-refractivity contribution in [2.75, 3.05) is 13.7 Å². The van der Waals surface area contributed by atoms with Gasteiger partial charge < -0.3 is 28.4 Å². The number of carbonyl (C=O) groups is 2. The highest BCUT2D eigenvalue weighted by molar-refractivity contribution is 5.89. The van der Waals surface area contributed by atoms with Crippen molar-refractivity contribution in [1.82, 2.24) is 9.55 Å². The lowest BCUT2D eigenvalue weighted by Crippen LogP contribution is -2.62. The number of nitrogens with zero attached hydrogens (tertiary/aromatic N) is 2. The van der Waals surface area contributed by atoms with Gasteiger partial charge in [-0.3, -0.25) is 0 Å². The second-order valence-electron chi connectivity index (χ2n) is 9.58. The standard InChI is InChI=1S/C32H32N2O8/c1-37-31-29(39-20-24-13-7-3-8-14-24)28(38-19-23-11-5-2-6-12-23)27(42-32(36)34-18-17-33-22-34)26(41-31)21-40-30(35)25-15-9-4-10-16-25/h2-18,22,26-29,31H,19-21H2,1H3. The molecule has 0 saturated carbocycles. The summed E-state index contributed by atoms with van der Waals surface area (Å²) >= 11 is 0. The molecule has 1 saturated heterocycles. The Bertz CT molecular complexity index is 1390. The number of esters is 1. The Kier molecular flexibility index (Phi) is 10.1. The molecule has 10 nitrogen and oxygen atoms in total. The van der Waals surface area contributed by atoms with Gasteiger partial charge in [-0.25, -0.2) is 19.1 Å². The molecule has 1 aromatic heterocycles. The van der Waals surface area contributed by atoms with Crippen LogP contribution in [0.5, 0.6) is 0 Å². The first-order chi connectivity index (χ1) is 20.6. The molecule has 1 fully saturated rings. The van der Waals surface area contributed by atoms with E-state index in [1.165, 1.54) is 30.4 Å². The number of hydrogen-bond acceptors (Lipinski definition) is 9. The average molecular weight is 573 g/mol. The molecule has 5 unspecified atom stereocenters. The van der Waals surface area contributed by atoms with E-state index in [2.05, 4.69) is 4.98 Å². The minimum Gasteiger partial charge on any atom is -0.459 e. The third kappa shape index (κ3) is 7.48. The zero-order valence-corrected chi connectivity index (χ0v) is 23.1. The lowest BCUT2D eigenvalue weighted by Gasteiger charge is -2.44. The van der Waals surface area contributed by atoms with Crippen LogP contribution in [0.2, 0.25) is 0 Å². The second kappa shape index (κ2) is 14.5. The van der Waals surface area contributed by atoms with E-state index < -0.39 is 42.8 Å². The highest BCUT2D eigenvalue weighted by Crippen LogP contribution is 2.31. The monoisotopic (exact) mass is 572 g/mol. The maximum Gasteiger partial charge on any atom is 0.419 e. The summed E-state index contributed by atoms with van der Waals surface area (Å²) in [6.07, 6.45) is -0.999. The molecule has 0 N–H and O–H groups in total. The Morgan fingerprint density at radius 2 is 1.40 bits per heavy atom. The second-order valence-corrected chi connectivity index (χ2v) is 9.58. The van der Waals surface area contributed by atoms with E-state index in [9.17, 15) is 9.59 Å². The average Bonchev–Trinajstić information content (AvgIpc) is 3.59. The first-order valence-electron chi connectivity index (χ1n) is 13.5. The van der Waals surface area contributed by atoms with Gasteiger partial charge in [0.25, 0.3) is 0 Å². The number of rotatable bonds is 11. The Morgan fingerprint density at radius 3 is 1.98 bits per heavy atom. The van der Waals surface area contributed by atoms with Crippen LogP contribution in [0.1, 0.15) is 21.5 Å². The number of carbonyl (C=O) groups excluding carboxylic acids is 2. The molecule has 0 bridgehead atoms. The Hall–Kier alpha value is -4.35. The largest absolute Gasteiger partial charge is 0.459 e. The van der Waals surface area contributed by atoms with Gasteiger partial charge in [-0.2, -0.15) is 0 Å². The Labute approximate surface area is 243 Å². The molecule has 1 aliphatic heterocycles. The van der Waals surface area contributed by atoms with Crippen molar-refractivity contribution < 1.29 is 38.0 Å². The molecule has 0 spiro atoms. The van der Waals surface area contributed by atoms with Crippen molar-refractivity contribution in [2.24, 2.45) is 0 Å². The molecule has 5 rings (SSSR count). The van der Waals surface area contributed by atoms with E-state index in [0.717, 1.165) is 11.1 Å². The summed E-state index contributed by atoms with van der Waals surface area (Å²) in [6.45, 7) is 0.199. The summed E-state index contributed by atoms with van der Waals surface area (Å²) in [5.74, 6) is -0.544. The highest BCUT2D eigenvalue weighted by Gasteiger charge is 2.50. The number of aromatic nitrogens is 2. The summed E-state index contributed by atoms with van der Waals surface area (Å²) in [5, 5.41) is 0. The Morgan fingerprint density at radius 1 is 0.810 bits per heavy atom. The van der Waals surface area contributed by atoms with Crippen LogP contribution in [0.3, 0.4) is 0 Å². The zero-order chi connectivity index (χ0) is 29.1. The van der Waals surface area contributed by atoms with Crippen molar-refractivity contribution in [1.29, 1.82) is 0 Å². The molecule has 5 atom stereocenters. The molecular formula is C32H32N2O8. The van der Waals surface area contributed by atoms with Crippen LogP contribution in [0.25, 0.3) is 0 Å². The molecule has 42 heavy (non-hydrogen) atoms. The molecule has 2 heterocycles. The van der Waals surface area contributed by atoms with Crippen molar-refractivity contribution in [3.8, 4) is 0 Å². The molecule has 218 valence electrons. The van der Waals surface area contributed by atoms with Crippen LogP contribution in [0, 0.1) is 0 Å². The third-order valence-electron chi connectivity index (χ3n) is 6.73. The van der Waals surface area contributed by atoms with Gasteiger partial charge >= 0.3 is 12.1 Å². The summed E-state index contributed by atoms with van der Waals surface area (Å²) in [7, 11) is 1.49. The summed E-state index contributed by atoms with van der Waals surface area (Å²) in [6, 6.07) is 27.8. The number of benzene rings is 3. The number of hydrogen-bond donors (Lipinski definition) is 0. The van der Waals surface area contributed by atoms with E-state index in [1.807, 2.05) is 60.7 Å². The minimum absolute atomic E-state index is 0.197. The molecule has 1 aliphatic rings. The first kappa shape index (κ1) is 29.2. The van der Waals surface area contributed by atoms with E-state index in [-0.39, 0.29) is 19.8 Å². The van der Waals surface area contributed by atoms with Crippen LogP contribution < -0.4 is 0 Å². The molecule has 0 aliphatic carbocycles. The Balaban J connectivity index is 1.43. The molecule has 10 heteroatoms. The normalized spacial score (nSPS) is 21.9. The fraction of sp³-hybridized carbons (Fsp3) is 0.281. The maximum absolute atomic E-state index is 13.1. The maximum atomic E-state index is 13.1. The van der Waals surface area contributed by atoms with Crippen LogP contribution in [-0.4, -0.2) is 66.0 Å². The molecular weight excluding hydrogens is 540 g/mol. The van der Waals surface area contributed by atoms with Gasteiger partial charge in [-0.15, -0.1) is 0 Å². The lowest BCUT2D eigenvalue weighted by molar-refractivity contribution is -0.312. The number of ether oxygens (including phenoxy) is 6. The van der Waals surface area contributed by atoms with E-state index in [0.29, 0.717) is 5.56 Å². The van der Waals surface area contributed by atoms with Crippen molar-refractivity contribution in [2.45, 2.75) is 43.9 Å². The predicted octanol–water partition coefficient (Wildman–Crippen LogP) is 4.64. The molecule has 0 amide bonds. The number of imidazole rings is 1. The van der Waals surface area contributed by atoms with Crippen molar-refractivity contribution >= 4 is 12.1 Å². The van der Waals surface area contributed by atoms with Crippen molar-refractivity contribution in [3.05, 3.63) is 126 Å². The van der Waals surface area contributed by atoms with Crippen molar-refractivity contribution in [3.63, 3.8) is 0 Å². The van der Waals surface area contributed by atoms with Crippen LogP contribution >= 0.6 is 0 Å². The lowest BCUT2D eigenvalue weighted by atomic mass is 9.98. The topological polar surface area (TPSA) is 107 Å². The van der Waals surface area contributed by atoms with Gasteiger partial charge in [0.05, 0.1) is 18.8 Å². The van der Waals surface area contributed by atoms with Crippen LogP contribution in [-0.2, 0) is 41.6 Å². The van der Waals surface area contributed by atoms with Crippen LogP contribution in [0.15, 0.2) is 110 Å². The summed E-state index contributed by atoms with van der Waals surface area (Å²) < 4.78 is 37.5. The van der Waals surface area contributed by atoms with E-state index >= 15 is 0 Å². The minimum atomic E-state index is -1.04. The van der Waals surface area contributed by atoms with E-state index in [1.54, 1.807) is 30.3 Å². The summed E-state index contributed by atoms with van der Waals surface area (Å²) in [4.78, 5) is 29.9. The van der Waals surface area contributed by atoms with Gasteiger partial charge in [0, 0.05) is 19.5 Å². The quantitative estimate of drug-likeness (QED) is 0.238. The summed E-state index contributed by atoms with van der Waals surface area (Å²) in [5.41, 5.74) is 2.22. The fourth-order valence-corrected chi connectivity index (χ4v) is 4.60. The molecule has 4 aromatic rings. The predicted molar refractivity (Wildman–Crippen MR) is 150 cm³/mol. The van der Waals surface area contributed by atoms with Gasteiger partial charge in [0.1, 0.15) is 31.2 Å². The smallest absolute Gasteiger partial charge is 0.419 e. The van der Waals surface area contributed by atoms with Gasteiger partial charge in [0.2, 0.25) is 0 Å². The van der Waals surface area contributed by atoms with Gasteiger partial charge in [-0.1, -0.05) is 78.9 Å². The first-order valence-corrected chi connectivity index (χ1v) is 13.5. The zero-order valence-electron chi connectivity index (χ0n) is 23.1. The SMILES string of the molecule is COC1OC(COC(=O)c2ccccc2)C(OC(=O)n2ccnc2)C(OCc2ccccc2)C1OCc1ccccc1. The van der Waals surface area contributed by atoms with Gasteiger partial charge in [0.15, 0.2) is 12.4 Å². The fourth-order valence-electron chi connectivity index (χ4n) is 4.60. The van der Waals surface area contributed by atoms with Crippen LogP contribution in [0.4, 0.5) is 4.79 Å². The number of methoxy groups -OCH3 is 1. The van der Waals surface area contributed by atoms with E-state index in [4.69, 9.17) is 28.4 Å². The van der Waals surface area contributed by atoms with Gasteiger partial charge in [-0.05, 0) is 23.3 Å².